The largest absolute Gasteiger partial charge is 0.480 e. The van der Waals surface area contributed by atoms with E-state index in [1.807, 2.05) is 41.4 Å². The fourth-order valence-electron chi connectivity index (χ4n) is 2.71. The van der Waals surface area contributed by atoms with E-state index in [1.165, 1.54) is 0 Å². The highest BCUT2D eigenvalue weighted by Crippen LogP contribution is 2.20. The van der Waals surface area contributed by atoms with Crippen molar-refractivity contribution in [2.45, 2.75) is 25.4 Å². The summed E-state index contributed by atoms with van der Waals surface area (Å²) in [7, 11) is 0. The number of aromatic nitrogens is 2. The van der Waals surface area contributed by atoms with Crippen LogP contribution >= 0.6 is 0 Å². The van der Waals surface area contributed by atoms with Crippen LogP contribution in [0.3, 0.4) is 0 Å². The first-order chi connectivity index (χ1) is 9.74. The van der Waals surface area contributed by atoms with Gasteiger partial charge in [0.1, 0.15) is 6.04 Å². The van der Waals surface area contributed by atoms with Gasteiger partial charge in [0, 0.05) is 18.9 Å². The molecule has 0 spiro atoms. The number of likely N-dealkylation sites (tertiary alicyclic amines) is 1. The lowest BCUT2D eigenvalue weighted by Crippen LogP contribution is -2.35. The molecule has 5 nitrogen and oxygen atoms in total. The van der Waals surface area contributed by atoms with Gasteiger partial charge in [0.05, 0.1) is 5.69 Å². The summed E-state index contributed by atoms with van der Waals surface area (Å²) in [6, 6.07) is 9.64. The Morgan fingerprint density at radius 2 is 2.15 bits per heavy atom. The van der Waals surface area contributed by atoms with Crippen LogP contribution in [0.1, 0.15) is 18.4 Å². The predicted molar refractivity (Wildman–Crippen MR) is 74.6 cm³/mol. The van der Waals surface area contributed by atoms with Crippen molar-refractivity contribution in [3.05, 3.63) is 48.3 Å². The van der Waals surface area contributed by atoms with Crippen LogP contribution in [0, 0.1) is 0 Å². The summed E-state index contributed by atoms with van der Waals surface area (Å²) >= 11 is 0. The predicted octanol–water partition coefficient (Wildman–Crippen LogP) is 1.92. The molecule has 1 aliphatic heterocycles. The minimum atomic E-state index is -0.712. The van der Waals surface area contributed by atoms with Crippen LogP contribution in [0.25, 0.3) is 5.69 Å². The van der Waals surface area contributed by atoms with E-state index in [2.05, 4.69) is 5.10 Å². The minimum absolute atomic E-state index is 0.333. The number of nitrogens with zero attached hydrogens (tertiary/aromatic N) is 3. The van der Waals surface area contributed by atoms with Crippen molar-refractivity contribution in [2.75, 3.05) is 6.54 Å². The normalized spacial score (nSPS) is 19.3. The first-order valence-electron chi connectivity index (χ1n) is 6.80. The molecule has 2 heterocycles. The van der Waals surface area contributed by atoms with Crippen molar-refractivity contribution in [3.8, 4) is 5.69 Å². The van der Waals surface area contributed by atoms with Crippen LogP contribution in [0.5, 0.6) is 0 Å². The van der Waals surface area contributed by atoms with Crippen LogP contribution in [-0.2, 0) is 11.3 Å². The Kier molecular flexibility index (Phi) is 3.52. The Morgan fingerprint density at radius 1 is 1.35 bits per heavy atom. The third-order valence-electron chi connectivity index (χ3n) is 3.74. The Bertz CT molecular complexity index is 578. The van der Waals surface area contributed by atoms with Crippen molar-refractivity contribution < 1.29 is 9.90 Å². The van der Waals surface area contributed by atoms with Gasteiger partial charge in [-0.2, -0.15) is 5.10 Å². The molecule has 5 heteroatoms. The third-order valence-corrected chi connectivity index (χ3v) is 3.74. The molecular weight excluding hydrogens is 254 g/mol. The van der Waals surface area contributed by atoms with Crippen LogP contribution in [0.4, 0.5) is 0 Å². The van der Waals surface area contributed by atoms with Crippen LogP contribution in [0.2, 0.25) is 0 Å². The summed E-state index contributed by atoms with van der Waals surface area (Å²) in [5.41, 5.74) is 2.14. The molecule has 1 aromatic carbocycles. The summed E-state index contributed by atoms with van der Waals surface area (Å²) in [5.74, 6) is -0.712. The standard InChI is InChI=1S/C15H17N3O2/c19-15(20)14-3-1-9-17(14)11-12-4-6-13(7-5-12)18-10-2-8-16-18/h2,4-8,10,14H,1,3,9,11H2,(H,19,20)/t14-/m0/s1. The van der Waals surface area contributed by atoms with Gasteiger partial charge in [0.15, 0.2) is 0 Å². The zero-order valence-corrected chi connectivity index (χ0v) is 11.1. The number of aliphatic carboxylic acids is 1. The van der Waals surface area contributed by atoms with E-state index in [1.54, 1.807) is 10.9 Å². The van der Waals surface area contributed by atoms with Gasteiger partial charge in [0.2, 0.25) is 0 Å². The third kappa shape index (κ3) is 2.58. The van der Waals surface area contributed by atoms with Crippen molar-refractivity contribution in [3.63, 3.8) is 0 Å². The molecule has 1 atom stereocenters. The van der Waals surface area contributed by atoms with E-state index in [9.17, 15) is 9.90 Å². The molecular formula is C15H17N3O2. The monoisotopic (exact) mass is 271 g/mol. The number of rotatable bonds is 4. The molecule has 3 rings (SSSR count). The number of hydrogen-bond donors (Lipinski definition) is 1. The zero-order chi connectivity index (χ0) is 13.9. The van der Waals surface area contributed by atoms with E-state index in [0.717, 1.165) is 30.6 Å². The Balaban J connectivity index is 1.71. The first-order valence-corrected chi connectivity index (χ1v) is 6.80. The molecule has 1 N–H and O–H groups in total. The highest BCUT2D eigenvalue weighted by atomic mass is 16.4. The fourth-order valence-corrected chi connectivity index (χ4v) is 2.71. The fraction of sp³-hybridized carbons (Fsp3) is 0.333. The maximum atomic E-state index is 11.2. The molecule has 1 aliphatic rings. The van der Waals surface area contributed by atoms with E-state index >= 15 is 0 Å². The molecule has 0 aliphatic carbocycles. The van der Waals surface area contributed by atoms with Gasteiger partial charge in [-0.05, 0) is 43.1 Å². The molecule has 0 unspecified atom stereocenters. The quantitative estimate of drug-likeness (QED) is 0.923. The van der Waals surface area contributed by atoms with Crippen molar-refractivity contribution in [1.82, 2.24) is 14.7 Å². The lowest BCUT2D eigenvalue weighted by molar-refractivity contribution is -0.142. The lowest BCUT2D eigenvalue weighted by Gasteiger charge is -2.21. The maximum absolute atomic E-state index is 11.2. The topological polar surface area (TPSA) is 58.4 Å². The molecule has 0 bridgehead atoms. The average molecular weight is 271 g/mol. The number of hydrogen-bond acceptors (Lipinski definition) is 3. The average Bonchev–Trinajstić information content (AvgIpc) is 3.10. The van der Waals surface area contributed by atoms with E-state index in [0.29, 0.717) is 6.54 Å². The molecule has 0 radical (unpaired) electrons. The zero-order valence-electron chi connectivity index (χ0n) is 11.1. The number of carbonyl (C=O) groups is 1. The molecule has 1 aromatic heterocycles. The number of carboxylic acid groups (broad SMARTS) is 1. The Hall–Kier alpha value is -2.14. The van der Waals surface area contributed by atoms with Gasteiger partial charge >= 0.3 is 5.97 Å². The molecule has 1 fully saturated rings. The molecule has 20 heavy (non-hydrogen) atoms. The number of benzene rings is 1. The molecule has 1 saturated heterocycles. The van der Waals surface area contributed by atoms with Gasteiger partial charge in [0.25, 0.3) is 0 Å². The van der Waals surface area contributed by atoms with Gasteiger partial charge in [-0.25, -0.2) is 4.68 Å². The van der Waals surface area contributed by atoms with Crippen LogP contribution < -0.4 is 0 Å². The lowest BCUT2D eigenvalue weighted by atomic mass is 10.1. The van der Waals surface area contributed by atoms with Crippen LogP contribution in [0.15, 0.2) is 42.7 Å². The minimum Gasteiger partial charge on any atom is -0.480 e. The SMILES string of the molecule is O=C(O)[C@@H]1CCCN1Cc1ccc(-n2cccn2)cc1. The van der Waals surface area contributed by atoms with Crippen molar-refractivity contribution >= 4 is 5.97 Å². The molecule has 0 amide bonds. The van der Waals surface area contributed by atoms with Crippen molar-refractivity contribution in [2.24, 2.45) is 0 Å². The Morgan fingerprint density at radius 3 is 2.80 bits per heavy atom. The second-order valence-electron chi connectivity index (χ2n) is 5.08. The van der Waals surface area contributed by atoms with Gasteiger partial charge in [-0.1, -0.05) is 12.1 Å². The van der Waals surface area contributed by atoms with Crippen LogP contribution in [-0.4, -0.2) is 38.3 Å². The second kappa shape index (κ2) is 5.46. The van der Waals surface area contributed by atoms with Gasteiger partial charge in [-0.3, -0.25) is 9.69 Å². The first kappa shape index (κ1) is 12.9. The summed E-state index contributed by atoms with van der Waals surface area (Å²) < 4.78 is 1.81. The summed E-state index contributed by atoms with van der Waals surface area (Å²) in [6.07, 6.45) is 5.36. The second-order valence-corrected chi connectivity index (χ2v) is 5.08. The van der Waals surface area contributed by atoms with Gasteiger partial charge < -0.3 is 5.11 Å². The summed E-state index contributed by atoms with van der Waals surface area (Å²) in [4.78, 5) is 13.2. The van der Waals surface area contributed by atoms with Crippen molar-refractivity contribution in [1.29, 1.82) is 0 Å². The summed E-state index contributed by atoms with van der Waals surface area (Å²) in [6.45, 7) is 1.55. The number of carboxylic acids is 1. The summed E-state index contributed by atoms with van der Waals surface area (Å²) in [5, 5.41) is 13.4. The highest BCUT2D eigenvalue weighted by Gasteiger charge is 2.30. The Labute approximate surface area is 117 Å². The van der Waals surface area contributed by atoms with E-state index in [4.69, 9.17) is 0 Å². The van der Waals surface area contributed by atoms with E-state index in [-0.39, 0.29) is 6.04 Å². The van der Waals surface area contributed by atoms with E-state index < -0.39 is 5.97 Å². The molecule has 2 aromatic rings. The smallest absolute Gasteiger partial charge is 0.320 e. The maximum Gasteiger partial charge on any atom is 0.320 e. The highest BCUT2D eigenvalue weighted by molar-refractivity contribution is 5.73. The molecule has 0 saturated carbocycles. The van der Waals surface area contributed by atoms with Gasteiger partial charge in [-0.15, -0.1) is 0 Å². The molecule has 104 valence electrons.